The molecular formula is C16H19BrFNS. The van der Waals surface area contributed by atoms with E-state index < -0.39 is 0 Å². The van der Waals surface area contributed by atoms with E-state index in [9.17, 15) is 4.39 Å². The van der Waals surface area contributed by atoms with Crippen molar-refractivity contribution in [3.63, 3.8) is 0 Å². The quantitative estimate of drug-likeness (QED) is 0.761. The third-order valence-electron chi connectivity index (χ3n) is 3.16. The van der Waals surface area contributed by atoms with Crippen molar-refractivity contribution in [2.75, 3.05) is 6.54 Å². The minimum absolute atomic E-state index is 0.0939. The number of halogens is 2. The van der Waals surface area contributed by atoms with Crippen LogP contribution in [0.15, 0.2) is 28.7 Å². The summed E-state index contributed by atoms with van der Waals surface area (Å²) < 4.78 is 15.4. The summed E-state index contributed by atoms with van der Waals surface area (Å²) in [6.07, 6.45) is 1.02. The van der Waals surface area contributed by atoms with Crippen molar-refractivity contribution < 1.29 is 4.39 Å². The Hall–Kier alpha value is -0.710. The van der Waals surface area contributed by atoms with E-state index in [1.165, 1.54) is 4.88 Å². The highest BCUT2D eigenvalue weighted by molar-refractivity contribution is 9.10. The van der Waals surface area contributed by atoms with E-state index in [0.717, 1.165) is 27.9 Å². The second-order valence-corrected chi connectivity index (χ2v) is 7.12. The molecule has 1 aromatic heterocycles. The van der Waals surface area contributed by atoms with Gasteiger partial charge in [-0.05, 0) is 60.4 Å². The fraction of sp³-hybridized carbons (Fsp3) is 0.375. The first-order valence-electron chi connectivity index (χ1n) is 6.78. The molecule has 0 bridgehead atoms. The number of hydrogen-bond donors (Lipinski definition) is 1. The Balaban J connectivity index is 2.44. The van der Waals surface area contributed by atoms with Crippen molar-refractivity contribution >= 4 is 27.3 Å². The molecule has 0 aliphatic heterocycles. The molecule has 0 saturated carbocycles. The van der Waals surface area contributed by atoms with Crippen LogP contribution >= 0.6 is 27.3 Å². The number of nitrogens with one attached hydrogen (secondary N) is 1. The molecule has 1 nitrogen and oxygen atoms in total. The van der Waals surface area contributed by atoms with Crippen LogP contribution < -0.4 is 5.32 Å². The Labute approximate surface area is 132 Å². The predicted octanol–water partition coefficient (Wildman–Crippen LogP) is 5.36. The molecule has 1 aromatic carbocycles. The van der Waals surface area contributed by atoms with Gasteiger partial charge in [0.25, 0.3) is 0 Å². The van der Waals surface area contributed by atoms with E-state index in [0.29, 0.717) is 5.56 Å². The van der Waals surface area contributed by atoms with E-state index in [2.05, 4.69) is 41.2 Å². The van der Waals surface area contributed by atoms with E-state index in [-0.39, 0.29) is 11.9 Å². The van der Waals surface area contributed by atoms with Crippen LogP contribution in [0.2, 0.25) is 0 Å². The maximum Gasteiger partial charge on any atom is 0.128 e. The fourth-order valence-electron chi connectivity index (χ4n) is 2.20. The van der Waals surface area contributed by atoms with Gasteiger partial charge in [0.2, 0.25) is 0 Å². The van der Waals surface area contributed by atoms with Gasteiger partial charge >= 0.3 is 0 Å². The van der Waals surface area contributed by atoms with Crippen LogP contribution in [0.4, 0.5) is 4.39 Å². The predicted molar refractivity (Wildman–Crippen MR) is 88.0 cm³/mol. The summed E-state index contributed by atoms with van der Waals surface area (Å²) in [6, 6.07) is 7.45. The van der Waals surface area contributed by atoms with Crippen LogP contribution in [0, 0.1) is 19.7 Å². The molecule has 1 N–H and O–H groups in total. The summed E-state index contributed by atoms with van der Waals surface area (Å²) in [4.78, 5) is 2.36. The van der Waals surface area contributed by atoms with Crippen LogP contribution in [-0.2, 0) is 0 Å². The molecule has 0 amide bonds. The number of hydrogen-bond acceptors (Lipinski definition) is 2. The summed E-state index contributed by atoms with van der Waals surface area (Å²) in [5.41, 5.74) is 1.66. The molecule has 2 rings (SSSR count). The van der Waals surface area contributed by atoms with Crippen molar-refractivity contribution in [2.24, 2.45) is 0 Å². The van der Waals surface area contributed by atoms with Crippen molar-refractivity contribution in [3.05, 3.63) is 55.4 Å². The SMILES string of the molecule is CCCNC(c1ccc(C)cc1F)c1sc(C)cc1Br. The van der Waals surface area contributed by atoms with E-state index in [4.69, 9.17) is 0 Å². The molecular weight excluding hydrogens is 337 g/mol. The molecule has 0 fully saturated rings. The van der Waals surface area contributed by atoms with Crippen molar-refractivity contribution in [2.45, 2.75) is 33.2 Å². The van der Waals surface area contributed by atoms with Gasteiger partial charge in [0.15, 0.2) is 0 Å². The summed E-state index contributed by atoms with van der Waals surface area (Å²) >= 11 is 5.30. The topological polar surface area (TPSA) is 12.0 Å². The summed E-state index contributed by atoms with van der Waals surface area (Å²) in [7, 11) is 0. The lowest BCUT2D eigenvalue weighted by Gasteiger charge is -2.19. The lowest BCUT2D eigenvalue weighted by atomic mass is 10.0. The Morgan fingerprint density at radius 1 is 1.30 bits per heavy atom. The van der Waals surface area contributed by atoms with Gasteiger partial charge in [-0.25, -0.2) is 4.39 Å². The van der Waals surface area contributed by atoms with Gasteiger partial charge in [-0.2, -0.15) is 0 Å². The molecule has 2 aromatic rings. The molecule has 1 unspecified atom stereocenters. The summed E-state index contributed by atoms with van der Waals surface area (Å²) in [5.74, 6) is -0.142. The average molecular weight is 356 g/mol. The molecule has 1 atom stereocenters. The number of rotatable bonds is 5. The highest BCUT2D eigenvalue weighted by Crippen LogP contribution is 2.36. The van der Waals surface area contributed by atoms with E-state index in [1.807, 2.05) is 19.1 Å². The first-order valence-corrected chi connectivity index (χ1v) is 8.39. The first-order chi connectivity index (χ1) is 9.52. The molecule has 0 saturated heterocycles. The molecule has 4 heteroatoms. The second kappa shape index (κ2) is 6.83. The minimum Gasteiger partial charge on any atom is -0.305 e. The van der Waals surface area contributed by atoms with Crippen molar-refractivity contribution in [1.29, 1.82) is 0 Å². The van der Waals surface area contributed by atoms with Crippen molar-refractivity contribution in [3.8, 4) is 0 Å². The Morgan fingerprint density at radius 2 is 2.05 bits per heavy atom. The highest BCUT2D eigenvalue weighted by atomic mass is 79.9. The van der Waals surface area contributed by atoms with Crippen LogP contribution in [0.3, 0.4) is 0 Å². The van der Waals surface area contributed by atoms with E-state index in [1.54, 1.807) is 17.4 Å². The normalized spacial score (nSPS) is 12.7. The largest absolute Gasteiger partial charge is 0.305 e. The van der Waals surface area contributed by atoms with Gasteiger partial charge in [-0.3, -0.25) is 0 Å². The van der Waals surface area contributed by atoms with Gasteiger partial charge in [0, 0.05) is 19.8 Å². The monoisotopic (exact) mass is 355 g/mol. The van der Waals surface area contributed by atoms with Crippen LogP contribution in [-0.4, -0.2) is 6.54 Å². The maximum absolute atomic E-state index is 14.3. The highest BCUT2D eigenvalue weighted by Gasteiger charge is 2.21. The lowest BCUT2D eigenvalue weighted by Crippen LogP contribution is -2.23. The molecule has 0 aliphatic rings. The molecule has 0 spiro atoms. The Morgan fingerprint density at radius 3 is 2.60 bits per heavy atom. The smallest absolute Gasteiger partial charge is 0.128 e. The molecule has 0 radical (unpaired) electrons. The van der Waals surface area contributed by atoms with Crippen molar-refractivity contribution in [1.82, 2.24) is 5.32 Å². The third-order valence-corrected chi connectivity index (χ3v) is 5.20. The van der Waals surface area contributed by atoms with Crippen LogP contribution in [0.25, 0.3) is 0 Å². The minimum atomic E-state index is -0.142. The molecule has 0 aliphatic carbocycles. The maximum atomic E-state index is 14.3. The van der Waals surface area contributed by atoms with E-state index >= 15 is 0 Å². The van der Waals surface area contributed by atoms with Gasteiger partial charge in [-0.15, -0.1) is 11.3 Å². The van der Waals surface area contributed by atoms with Crippen LogP contribution in [0.5, 0.6) is 0 Å². The molecule has 1 heterocycles. The first kappa shape index (κ1) is 15.7. The summed E-state index contributed by atoms with van der Waals surface area (Å²) in [6.45, 7) is 6.96. The average Bonchev–Trinajstić information content (AvgIpc) is 2.71. The standard InChI is InChI=1S/C16H19BrFNS/c1-4-7-19-15(16-13(17)9-11(3)20-16)12-6-5-10(2)8-14(12)18/h5-6,8-9,15,19H,4,7H2,1-3H3. The zero-order chi connectivity index (χ0) is 14.7. The second-order valence-electron chi connectivity index (χ2n) is 4.98. The zero-order valence-electron chi connectivity index (χ0n) is 12.0. The van der Waals surface area contributed by atoms with Gasteiger partial charge in [0.05, 0.1) is 6.04 Å². The summed E-state index contributed by atoms with van der Waals surface area (Å²) in [5, 5.41) is 3.46. The van der Waals surface area contributed by atoms with Gasteiger partial charge in [-0.1, -0.05) is 19.1 Å². The molecule has 108 valence electrons. The number of aryl methyl sites for hydroxylation is 2. The third kappa shape index (κ3) is 3.48. The number of thiophene rings is 1. The molecule has 20 heavy (non-hydrogen) atoms. The lowest BCUT2D eigenvalue weighted by molar-refractivity contribution is 0.549. The number of benzene rings is 1. The Kier molecular flexibility index (Phi) is 5.35. The van der Waals surface area contributed by atoms with Gasteiger partial charge in [0.1, 0.15) is 5.82 Å². The zero-order valence-corrected chi connectivity index (χ0v) is 14.4. The van der Waals surface area contributed by atoms with Crippen LogP contribution in [0.1, 0.15) is 40.3 Å². The van der Waals surface area contributed by atoms with Gasteiger partial charge < -0.3 is 5.32 Å². The fourth-order valence-corrected chi connectivity index (χ4v) is 4.17. The Bertz CT molecular complexity index is 594.